The van der Waals surface area contributed by atoms with E-state index in [0.717, 1.165) is 0 Å². The van der Waals surface area contributed by atoms with Crippen molar-refractivity contribution in [2.45, 2.75) is 48.5 Å². The summed E-state index contributed by atoms with van der Waals surface area (Å²) in [6.07, 6.45) is 3.57. The number of hydrogen-bond donors (Lipinski definition) is 0. The molecule has 0 N–H and O–H groups in total. The lowest BCUT2D eigenvalue weighted by Gasteiger charge is -2.04. The summed E-state index contributed by atoms with van der Waals surface area (Å²) in [5.74, 6) is 0. The summed E-state index contributed by atoms with van der Waals surface area (Å²) in [4.78, 5) is 3.85. The first-order valence-corrected chi connectivity index (χ1v) is 25.8. The third kappa shape index (κ3) is 19.6. The van der Waals surface area contributed by atoms with Gasteiger partial charge in [0, 0.05) is 12.4 Å². The zero-order valence-electron chi connectivity index (χ0n) is 44.8. The minimum Gasteiger partial charge on any atom is -0.265 e. The minimum absolute atomic E-state index is 1.26. The molecular weight excluding hydrogens is 903 g/mol. The second-order valence-electron chi connectivity index (χ2n) is 18.5. The van der Waals surface area contributed by atoms with E-state index >= 15 is 0 Å². The van der Waals surface area contributed by atoms with Crippen LogP contribution in [0.2, 0.25) is 0 Å². The molecule has 1 heteroatoms. The predicted molar refractivity (Wildman–Crippen MR) is 327 cm³/mol. The Morgan fingerprint density at radius 2 is 0.600 bits per heavy atom. The van der Waals surface area contributed by atoms with Gasteiger partial charge in [-0.15, -0.1) is 0 Å². The van der Waals surface area contributed by atoms with Crippen molar-refractivity contribution in [1.82, 2.24) is 4.98 Å². The highest BCUT2D eigenvalue weighted by atomic mass is 14.6. The lowest BCUT2D eigenvalue weighted by molar-refractivity contribution is 1.29. The quantitative estimate of drug-likeness (QED) is 0.172. The first-order chi connectivity index (χ1) is 36.6. The van der Waals surface area contributed by atoms with Gasteiger partial charge in [-0.2, -0.15) is 0 Å². The van der Waals surface area contributed by atoms with Crippen LogP contribution in [0.4, 0.5) is 0 Å². The van der Waals surface area contributed by atoms with Gasteiger partial charge in [0.15, 0.2) is 0 Å². The number of benzene rings is 11. The van der Waals surface area contributed by atoms with Crippen LogP contribution in [0.15, 0.2) is 304 Å². The first-order valence-electron chi connectivity index (χ1n) is 25.8. The zero-order chi connectivity index (χ0) is 52.9. The number of aryl methyl sites for hydroxylation is 7. The van der Waals surface area contributed by atoms with E-state index in [-0.39, 0.29) is 0 Å². The highest BCUT2D eigenvalue weighted by Crippen LogP contribution is 2.23. The van der Waals surface area contributed by atoms with Crippen molar-refractivity contribution >= 4 is 21.5 Å². The molecule has 1 nitrogen and oxygen atoms in total. The molecular formula is C74H71N. The molecule has 0 saturated heterocycles. The Morgan fingerprint density at radius 1 is 0.213 bits per heavy atom. The Hall–Kier alpha value is -8.91. The van der Waals surface area contributed by atoms with Crippen LogP contribution in [0.25, 0.3) is 54.9 Å². The fourth-order valence-corrected chi connectivity index (χ4v) is 8.00. The van der Waals surface area contributed by atoms with Crippen LogP contribution < -0.4 is 0 Å². The summed E-state index contributed by atoms with van der Waals surface area (Å²) in [5, 5.41) is 5.33. The van der Waals surface area contributed by atoms with E-state index in [9.17, 15) is 0 Å². The zero-order valence-corrected chi connectivity index (χ0v) is 44.8. The average molecular weight is 974 g/mol. The second-order valence-corrected chi connectivity index (χ2v) is 18.5. The molecule has 1 aromatic heterocycles. The van der Waals surface area contributed by atoms with Crippen LogP contribution in [-0.4, -0.2) is 4.98 Å². The number of aromatic nitrogens is 1. The monoisotopic (exact) mass is 974 g/mol. The molecule has 0 amide bonds. The lowest BCUT2D eigenvalue weighted by Crippen LogP contribution is -1.80. The van der Waals surface area contributed by atoms with E-state index < -0.39 is 0 Å². The van der Waals surface area contributed by atoms with Gasteiger partial charge >= 0.3 is 0 Å². The first kappa shape index (κ1) is 55.4. The molecule has 0 aliphatic carbocycles. The Labute approximate surface area is 448 Å². The van der Waals surface area contributed by atoms with Gasteiger partial charge in [0.2, 0.25) is 0 Å². The Kier molecular flexibility index (Phi) is 22.8. The van der Waals surface area contributed by atoms with Crippen LogP contribution in [0.3, 0.4) is 0 Å². The summed E-state index contributed by atoms with van der Waals surface area (Å²) < 4.78 is 0. The van der Waals surface area contributed by atoms with E-state index in [1.54, 1.807) is 12.4 Å². The molecule has 0 fully saturated rings. The normalized spacial score (nSPS) is 9.80. The molecule has 1 heterocycles. The molecule has 0 bridgehead atoms. The molecule has 0 unspecified atom stereocenters. The van der Waals surface area contributed by atoms with Gasteiger partial charge in [-0.1, -0.05) is 301 Å². The third-order valence-corrected chi connectivity index (χ3v) is 12.2. The van der Waals surface area contributed by atoms with Crippen molar-refractivity contribution in [3.05, 3.63) is 343 Å². The van der Waals surface area contributed by atoms with Gasteiger partial charge in [0.25, 0.3) is 0 Å². The Balaban J connectivity index is 0.000000144. The fraction of sp³-hybridized carbons (Fsp3) is 0.0946. The van der Waals surface area contributed by atoms with Gasteiger partial charge in [0.1, 0.15) is 0 Å². The van der Waals surface area contributed by atoms with Crippen molar-refractivity contribution in [1.29, 1.82) is 0 Å². The Bertz CT molecular complexity index is 3410. The van der Waals surface area contributed by atoms with E-state index in [4.69, 9.17) is 0 Å². The molecule has 0 atom stereocenters. The van der Waals surface area contributed by atoms with Crippen LogP contribution in [-0.2, 0) is 0 Å². The molecule has 75 heavy (non-hydrogen) atoms. The standard InChI is InChI=1S/3C13H12.2C11H10.C7H8.C6H7N/c1-11-7-5-6-10-13(11)12-8-3-2-4-9-12;1-11-6-5-9-13(10-11)12-7-3-2-4-8-12;1-11-7-9-13(10-8-11)12-5-3-2-4-6-12;1-9-5-4-7-10-6-2-3-8-11(9)10;1-9-6-7-10-4-2-3-5-11(10)8-9;1-7-5-3-2-4-6-7;1-6-2-4-7-5-3-6/h3*2-10H,1H3;2*2-8H,1H3;2-6H,1H3;2-5H,1H3. The van der Waals surface area contributed by atoms with Gasteiger partial charge in [-0.3, -0.25) is 4.98 Å². The van der Waals surface area contributed by atoms with Crippen LogP contribution in [0.1, 0.15) is 38.9 Å². The number of pyridine rings is 1. The summed E-state index contributed by atoms with van der Waals surface area (Å²) in [7, 11) is 0. The number of rotatable bonds is 3. The van der Waals surface area contributed by atoms with E-state index in [2.05, 4.69) is 289 Å². The molecule has 0 radical (unpaired) electrons. The SMILES string of the molecule is Cc1ccc(-c2ccccc2)cc1.Cc1ccc2ccccc2c1.Cc1cccc(-c2ccccc2)c1.Cc1cccc2ccccc12.Cc1ccccc1.Cc1ccccc1-c1ccccc1.Cc1ccncc1. The van der Waals surface area contributed by atoms with Gasteiger partial charge in [0.05, 0.1) is 0 Å². The van der Waals surface area contributed by atoms with Crippen LogP contribution in [0, 0.1) is 48.5 Å². The minimum atomic E-state index is 1.26. The number of nitrogens with zero attached hydrogens (tertiary/aromatic N) is 1. The number of hydrogen-bond acceptors (Lipinski definition) is 1. The van der Waals surface area contributed by atoms with Crippen LogP contribution in [0.5, 0.6) is 0 Å². The molecule has 11 aromatic carbocycles. The Morgan fingerprint density at radius 3 is 1.15 bits per heavy atom. The highest BCUT2D eigenvalue weighted by molar-refractivity contribution is 5.85. The largest absolute Gasteiger partial charge is 0.265 e. The predicted octanol–water partition coefficient (Wildman–Crippen LogP) is 20.7. The molecule has 12 aromatic rings. The maximum Gasteiger partial charge on any atom is 0.0270 e. The van der Waals surface area contributed by atoms with Crippen molar-refractivity contribution in [3.63, 3.8) is 0 Å². The summed E-state index contributed by atoms with van der Waals surface area (Å²) >= 11 is 0. The van der Waals surface area contributed by atoms with E-state index in [0.29, 0.717) is 0 Å². The highest BCUT2D eigenvalue weighted by Gasteiger charge is 1.99. The second kappa shape index (κ2) is 30.9. The number of fused-ring (bicyclic) bond motifs is 2. The van der Waals surface area contributed by atoms with Crippen molar-refractivity contribution in [2.24, 2.45) is 0 Å². The summed E-state index contributed by atoms with van der Waals surface area (Å²) in [6, 6.07) is 101. The van der Waals surface area contributed by atoms with E-state index in [1.165, 1.54) is 93.9 Å². The molecule has 372 valence electrons. The summed E-state index contributed by atoms with van der Waals surface area (Å²) in [5.41, 5.74) is 16.9. The van der Waals surface area contributed by atoms with E-state index in [1.807, 2.05) is 55.5 Å². The van der Waals surface area contributed by atoms with Crippen molar-refractivity contribution < 1.29 is 0 Å². The smallest absolute Gasteiger partial charge is 0.0270 e. The van der Waals surface area contributed by atoms with Gasteiger partial charge in [-0.05, 0) is 132 Å². The van der Waals surface area contributed by atoms with Crippen LogP contribution >= 0.6 is 0 Å². The van der Waals surface area contributed by atoms with Crippen molar-refractivity contribution in [2.75, 3.05) is 0 Å². The molecule has 0 aliphatic rings. The molecule has 0 saturated carbocycles. The fourth-order valence-electron chi connectivity index (χ4n) is 8.00. The average Bonchev–Trinajstić information content (AvgIpc) is 3.46. The maximum absolute atomic E-state index is 3.85. The topological polar surface area (TPSA) is 12.9 Å². The molecule has 0 spiro atoms. The maximum atomic E-state index is 3.85. The summed E-state index contributed by atoms with van der Waals surface area (Å²) in [6.45, 7) is 14.8. The van der Waals surface area contributed by atoms with Gasteiger partial charge < -0.3 is 0 Å². The molecule has 0 aliphatic heterocycles. The third-order valence-electron chi connectivity index (χ3n) is 12.2. The van der Waals surface area contributed by atoms with Crippen molar-refractivity contribution in [3.8, 4) is 33.4 Å². The van der Waals surface area contributed by atoms with Gasteiger partial charge in [-0.25, -0.2) is 0 Å². The lowest BCUT2D eigenvalue weighted by atomic mass is 10.0. The molecule has 12 rings (SSSR count).